The number of nitriles is 1. The zero-order valence-corrected chi connectivity index (χ0v) is 6.33. The van der Waals surface area contributed by atoms with Crippen LogP contribution in [0.15, 0.2) is 6.07 Å². The number of nitrogens with two attached hydrogens (primary N) is 4. The van der Waals surface area contributed by atoms with Crippen molar-refractivity contribution in [3.63, 3.8) is 0 Å². The second kappa shape index (κ2) is 2.51. The lowest BCUT2D eigenvalue weighted by atomic mass is 10.1. The van der Waals surface area contributed by atoms with Crippen molar-refractivity contribution in [1.82, 2.24) is 0 Å². The first-order chi connectivity index (χ1) is 5.57. The van der Waals surface area contributed by atoms with E-state index in [1.807, 2.05) is 6.07 Å². The third kappa shape index (κ3) is 0.953. The molecule has 5 nitrogen and oxygen atoms in total. The van der Waals surface area contributed by atoms with E-state index in [9.17, 15) is 0 Å². The van der Waals surface area contributed by atoms with Crippen LogP contribution in [0.25, 0.3) is 0 Å². The van der Waals surface area contributed by atoms with Gasteiger partial charge in [0.25, 0.3) is 0 Å². The SMILES string of the molecule is N#Cc1cc(N)c(N)c(N)c1N. The van der Waals surface area contributed by atoms with Crippen molar-refractivity contribution in [3.8, 4) is 6.07 Å². The van der Waals surface area contributed by atoms with Gasteiger partial charge >= 0.3 is 0 Å². The van der Waals surface area contributed by atoms with Crippen molar-refractivity contribution >= 4 is 22.7 Å². The smallest absolute Gasteiger partial charge is 0.101 e. The van der Waals surface area contributed by atoms with Crippen LogP contribution in [0.1, 0.15) is 5.56 Å². The number of hydrogen-bond donors (Lipinski definition) is 4. The first-order valence-corrected chi connectivity index (χ1v) is 3.21. The number of hydrogen-bond acceptors (Lipinski definition) is 5. The Morgan fingerprint density at radius 1 is 1.00 bits per heavy atom. The van der Waals surface area contributed by atoms with E-state index in [1.165, 1.54) is 6.07 Å². The van der Waals surface area contributed by atoms with Gasteiger partial charge in [0.1, 0.15) is 6.07 Å². The van der Waals surface area contributed by atoms with E-state index in [-0.39, 0.29) is 28.3 Å². The zero-order chi connectivity index (χ0) is 9.30. The highest BCUT2D eigenvalue weighted by Gasteiger charge is 2.08. The Labute approximate surface area is 69.5 Å². The van der Waals surface area contributed by atoms with Crippen LogP contribution in [0.4, 0.5) is 22.7 Å². The Kier molecular flexibility index (Phi) is 1.67. The monoisotopic (exact) mass is 163 g/mol. The number of nitrogen functional groups attached to an aromatic ring is 4. The molecule has 1 aromatic rings. The quantitative estimate of drug-likeness (QED) is 0.396. The fraction of sp³-hybridized carbons (Fsp3) is 0. The molecule has 1 rings (SSSR count). The van der Waals surface area contributed by atoms with Gasteiger partial charge in [0.2, 0.25) is 0 Å². The summed E-state index contributed by atoms with van der Waals surface area (Å²) in [6, 6.07) is 3.27. The Bertz CT molecular complexity index is 363. The summed E-state index contributed by atoms with van der Waals surface area (Å²) in [7, 11) is 0. The maximum absolute atomic E-state index is 8.58. The van der Waals surface area contributed by atoms with Gasteiger partial charge in [-0.1, -0.05) is 0 Å². The second-order valence-corrected chi connectivity index (χ2v) is 2.37. The average molecular weight is 163 g/mol. The highest BCUT2D eigenvalue weighted by molar-refractivity contribution is 5.89. The third-order valence-electron chi connectivity index (χ3n) is 1.60. The van der Waals surface area contributed by atoms with Gasteiger partial charge in [-0.05, 0) is 6.07 Å². The van der Waals surface area contributed by atoms with Crippen LogP contribution in [0.2, 0.25) is 0 Å². The maximum atomic E-state index is 8.58. The van der Waals surface area contributed by atoms with Gasteiger partial charge in [0, 0.05) is 0 Å². The van der Waals surface area contributed by atoms with E-state index in [4.69, 9.17) is 28.2 Å². The molecule has 0 aliphatic rings. The Balaban J connectivity index is 3.52. The molecular formula is C7H9N5. The summed E-state index contributed by atoms with van der Waals surface area (Å²) in [6.07, 6.45) is 0. The molecule has 1 aromatic carbocycles. The minimum absolute atomic E-state index is 0.173. The molecule has 0 aromatic heterocycles. The summed E-state index contributed by atoms with van der Waals surface area (Å²) in [6.45, 7) is 0. The molecule has 0 atom stereocenters. The van der Waals surface area contributed by atoms with Crippen LogP contribution in [0.3, 0.4) is 0 Å². The van der Waals surface area contributed by atoms with Crippen LogP contribution in [-0.2, 0) is 0 Å². The van der Waals surface area contributed by atoms with Crippen LogP contribution in [0, 0.1) is 11.3 Å². The fourth-order valence-corrected chi connectivity index (χ4v) is 0.849. The summed E-state index contributed by atoms with van der Waals surface area (Å²) in [5, 5.41) is 8.58. The highest BCUT2D eigenvalue weighted by Crippen LogP contribution is 2.31. The molecule has 0 spiro atoms. The molecule has 0 saturated heterocycles. The predicted octanol–water partition coefficient (Wildman–Crippen LogP) is -0.113. The Hall–Kier alpha value is -2.09. The predicted molar refractivity (Wildman–Crippen MR) is 48.8 cm³/mol. The molecule has 0 aliphatic carbocycles. The molecule has 0 saturated carbocycles. The molecule has 62 valence electrons. The van der Waals surface area contributed by atoms with Crippen LogP contribution < -0.4 is 22.9 Å². The summed E-state index contributed by atoms with van der Waals surface area (Å²) >= 11 is 0. The second-order valence-electron chi connectivity index (χ2n) is 2.37. The first kappa shape index (κ1) is 8.01. The number of benzene rings is 1. The Morgan fingerprint density at radius 2 is 1.58 bits per heavy atom. The molecule has 5 heteroatoms. The molecule has 0 fully saturated rings. The van der Waals surface area contributed by atoms with E-state index in [0.717, 1.165) is 0 Å². The van der Waals surface area contributed by atoms with Gasteiger partial charge in [-0.25, -0.2) is 0 Å². The topological polar surface area (TPSA) is 128 Å². The van der Waals surface area contributed by atoms with Gasteiger partial charge < -0.3 is 22.9 Å². The minimum atomic E-state index is 0.173. The van der Waals surface area contributed by atoms with Crippen molar-refractivity contribution in [2.75, 3.05) is 22.9 Å². The average Bonchev–Trinajstić information content (AvgIpc) is 2.08. The molecule has 0 unspecified atom stereocenters. The molecule has 8 N–H and O–H groups in total. The van der Waals surface area contributed by atoms with Crippen LogP contribution >= 0.6 is 0 Å². The molecule has 0 heterocycles. The molecule has 0 aliphatic heterocycles. The van der Waals surface area contributed by atoms with E-state index in [0.29, 0.717) is 0 Å². The standard InChI is InChI=1S/C7H9N5/c8-2-3-1-4(9)6(11)7(12)5(3)10/h1H,9-12H2. The molecule has 0 radical (unpaired) electrons. The van der Waals surface area contributed by atoms with E-state index in [2.05, 4.69) is 0 Å². The minimum Gasteiger partial charge on any atom is -0.397 e. The fourth-order valence-electron chi connectivity index (χ4n) is 0.849. The first-order valence-electron chi connectivity index (χ1n) is 3.21. The Morgan fingerprint density at radius 3 is 2.08 bits per heavy atom. The summed E-state index contributed by atoms with van der Waals surface area (Å²) in [4.78, 5) is 0. The van der Waals surface area contributed by atoms with Crippen LogP contribution in [-0.4, -0.2) is 0 Å². The van der Waals surface area contributed by atoms with Crippen molar-refractivity contribution in [2.24, 2.45) is 0 Å². The zero-order valence-electron chi connectivity index (χ0n) is 6.33. The molecule has 0 bridgehead atoms. The van der Waals surface area contributed by atoms with Gasteiger partial charge in [0.05, 0.1) is 28.3 Å². The lowest BCUT2D eigenvalue weighted by Gasteiger charge is -2.07. The lowest BCUT2D eigenvalue weighted by Crippen LogP contribution is -2.05. The summed E-state index contributed by atoms with van der Waals surface area (Å²) < 4.78 is 0. The van der Waals surface area contributed by atoms with E-state index in [1.54, 1.807) is 0 Å². The van der Waals surface area contributed by atoms with E-state index >= 15 is 0 Å². The number of rotatable bonds is 0. The maximum Gasteiger partial charge on any atom is 0.101 e. The molecule has 12 heavy (non-hydrogen) atoms. The van der Waals surface area contributed by atoms with E-state index < -0.39 is 0 Å². The van der Waals surface area contributed by atoms with Crippen LogP contribution in [0.5, 0.6) is 0 Å². The summed E-state index contributed by atoms with van der Waals surface area (Å²) in [5.41, 5.74) is 23.0. The van der Waals surface area contributed by atoms with Gasteiger partial charge in [-0.2, -0.15) is 5.26 Å². The van der Waals surface area contributed by atoms with Crippen molar-refractivity contribution in [3.05, 3.63) is 11.6 Å². The highest BCUT2D eigenvalue weighted by atomic mass is 14.8. The normalized spacial score (nSPS) is 9.25. The number of anilines is 4. The molecular weight excluding hydrogens is 154 g/mol. The third-order valence-corrected chi connectivity index (χ3v) is 1.60. The molecule has 0 amide bonds. The van der Waals surface area contributed by atoms with Crippen molar-refractivity contribution in [1.29, 1.82) is 5.26 Å². The van der Waals surface area contributed by atoms with Gasteiger partial charge in [0.15, 0.2) is 0 Å². The van der Waals surface area contributed by atoms with Gasteiger partial charge in [-0.15, -0.1) is 0 Å². The summed E-state index contributed by atoms with van der Waals surface area (Å²) in [5.74, 6) is 0. The largest absolute Gasteiger partial charge is 0.397 e. The number of nitrogens with zero attached hydrogens (tertiary/aromatic N) is 1. The van der Waals surface area contributed by atoms with Gasteiger partial charge in [-0.3, -0.25) is 0 Å². The van der Waals surface area contributed by atoms with Crippen molar-refractivity contribution in [2.45, 2.75) is 0 Å². The van der Waals surface area contributed by atoms with Crippen molar-refractivity contribution < 1.29 is 0 Å². The lowest BCUT2D eigenvalue weighted by molar-refractivity contribution is 1.48.